The molecule has 2 aliphatic heterocycles. The van der Waals surface area contributed by atoms with Crippen LogP contribution in [0.15, 0.2) is 0 Å². The summed E-state index contributed by atoms with van der Waals surface area (Å²) in [6.07, 6.45) is 2.32. The summed E-state index contributed by atoms with van der Waals surface area (Å²) in [5.41, 5.74) is -0.826. The van der Waals surface area contributed by atoms with E-state index in [9.17, 15) is 21.9 Å². The van der Waals surface area contributed by atoms with Gasteiger partial charge in [0.25, 0.3) is 0 Å². The molecule has 0 radical (unpaired) electrons. The van der Waals surface area contributed by atoms with E-state index in [1.165, 1.54) is 4.31 Å². The van der Waals surface area contributed by atoms with E-state index in [1.54, 1.807) is 0 Å². The standard InChI is InChI=1S/C11H19NO5S2/c13-11(9-1-2-9)7-12(8-11)19(16,17)10-3-5-18(14,15)6-4-10/h9-10,13H,1-8H2. The van der Waals surface area contributed by atoms with Crippen LogP contribution in [0.5, 0.6) is 0 Å². The molecule has 0 aromatic carbocycles. The molecule has 0 spiro atoms. The molecule has 0 aromatic heterocycles. The van der Waals surface area contributed by atoms with Crippen LogP contribution >= 0.6 is 0 Å². The van der Waals surface area contributed by atoms with Gasteiger partial charge in [0.1, 0.15) is 9.84 Å². The van der Waals surface area contributed by atoms with Gasteiger partial charge in [-0.25, -0.2) is 16.8 Å². The van der Waals surface area contributed by atoms with E-state index in [0.717, 1.165) is 12.8 Å². The maximum Gasteiger partial charge on any atom is 0.217 e. The van der Waals surface area contributed by atoms with Crippen LogP contribution in [0.4, 0.5) is 0 Å². The number of nitrogens with zero attached hydrogens (tertiary/aromatic N) is 1. The van der Waals surface area contributed by atoms with Gasteiger partial charge in [-0.05, 0) is 31.6 Å². The van der Waals surface area contributed by atoms with Gasteiger partial charge in [-0.2, -0.15) is 4.31 Å². The first-order valence-corrected chi connectivity index (χ1v) is 9.97. The van der Waals surface area contributed by atoms with Gasteiger partial charge < -0.3 is 5.11 Å². The van der Waals surface area contributed by atoms with Crippen LogP contribution in [-0.4, -0.2) is 61.7 Å². The molecule has 0 aromatic rings. The van der Waals surface area contributed by atoms with E-state index in [4.69, 9.17) is 0 Å². The monoisotopic (exact) mass is 309 g/mol. The SMILES string of the molecule is O=S1(=O)CCC(S(=O)(=O)N2CC(O)(C3CC3)C2)CC1. The molecule has 110 valence electrons. The van der Waals surface area contributed by atoms with Gasteiger partial charge in [0.2, 0.25) is 10.0 Å². The second-order valence-corrected chi connectivity index (χ2v) is 10.6. The summed E-state index contributed by atoms with van der Waals surface area (Å²) in [5.74, 6) is 0.167. The number of sulfonamides is 1. The van der Waals surface area contributed by atoms with Crippen molar-refractivity contribution in [3.8, 4) is 0 Å². The van der Waals surface area contributed by atoms with Crippen molar-refractivity contribution in [3.05, 3.63) is 0 Å². The molecule has 2 saturated heterocycles. The number of β-amino-alcohol motifs (C(OH)–C–C–N with tert-alkyl or cyclic N) is 1. The molecular weight excluding hydrogens is 290 g/mol. The Morgan fingerprint density at radius 1 is 1.05 bits per heavy atom. The summed E-state index contributed by atoms with van der Waals surface area (Å²) in [6.45, 7) is 0.368. The van der Waals surface area contributed by atoms with Crippen LogP contribution in [0, 0.1) is 5.92 Å². The molecule has 0 amide bonds. The van der Waals surface area contributed by atoms with Crippen molar-refractivity contribution < 1.29 is 21.9 Å². The Morgan fingerprint density at radius 2 is 1.58 bits per heavy atom. The van der Waals surface area contributed by atoms with Crippen molar-refractivity contribution in [1.82, 2.24) is 4.31 Å². The van der Waals surface area contributed by atoms with Gasteiger partial charge in [-0.15, -0.1) is 0 Å². The molecule has 1 N–H and O–H groups in total. The Bertz CT molecular complexity index is 558. The average molecular weight is 309 g/mol. The van der Waals surface area contributed by atoms with Crippen molar-refractivity contribution in [1.29, 1.82) is 0 Å². The summed E-state index contributed by atoms with van der Waals surface area (Å²) >= 11 is 0. The van der Waals surface area contributed by atoms with Crippen molar-refractivity contribution in [2.75, 3.05) is 24.6 Å². The molecule has 0 unspecified atom stereocenters. The molecule has 3 rings (SSSR count). The second-order valence-electron chi connectivity index (χ2n) is 6.04. The number of rotatable bonds is 3. The Hall–Kier alpha value is -0.180. The zero-order valence-electron chi connectivity index (χ0n) is 10.7. The third-order valence-electron chi connectivity index (χ3n) is 4.52. The molecule has 0 bridgehead atoms. The minimum atomic E-state index is -3.44. The fourth-order valence-electron chi connectivity index (χ4n) is 3.00. The molecule has 1 saturated carbocycles. The highest BCUT2D eigenvalue weighted by Gasteiger charge is 2.56. The van der Waals surface area contributed by atoms with Crippen LogP contribution in [0.3, 0.4) is 0 Å². The molecule has 1 aliphatic carbocycles. The summed E-state index contributed by atoms with van der Waals surface area (Å²) < 4.78 is 48.6. The first-order chi connectivity index (χ1) is 8.73. The van der Waals surface area contributed by atoms with E-state index < -0.39 is 30.7 Å². The van der Waals surface area contributed by atoms with Crippen LogP contribution in [-0.2, 0) is 19.9 Å². The average Bonchev–Trinajstić information content (AvgIpc) is 3.08. The van der Waals surface area contributed by atoms with Crippen LogP contribution in [0.25, 0.3) is 0 Å². The van der Waals surface area contributed by atoms with Gasteiger partial charge in [-0.3, -0.25) is 0 Å². The zero-order valence-corrected chi connectivity index (χ0v) is 12.3. The lowest BCUT2D eigenvalue weighted by atomic mass is 9.91. The number of aliphatic hydroxyl groups is 1. The highest BCUT2D eigenvalue weighted by atomic mass is 32.2. The first kappa shape index (κ1) is 13.8. The van der Waals surface area contributed by atoms with Crippen molar-refractivity contribution >= 4 is 19.9 Å². The molecule has 19 heavy (non-hydrogen) atoms. The van der Waals surface area contributed by atoms with Gasteiger partial charge in [0.15, 0.2) is 0 Å². The Morgan fingerprint density at radius 3 is 2.05 bits per heavy atom. The molecule has 3 aliphatic rings. The topological polar surface area (TPSA) is 91.8 Å². The lowest BCUT2D eigenvalue weighted by molar-refractivity contribution is -0.0768. The summed E-state index contributed by atoms with van der Waals surface area (Å²) in [4.78, 5) is 0. The quantitative estimate of drug-likeness (QED) is 0.748. The number of hydrogen-bond acceptors (Lipinski definition) is 5. The molecule has 3 fully saturated rings. The zero-order chi connectivity index (χ0) is 13.9. The third kappa shape index (κ3) is 2.43. The molecule has 8 heteroatoms. The van der Waals surface area contributed by atoms with E-state index in [0.29, 0.717) is 0 Å². The predicted octanol–water partition coefficient (Wildman–Crippen LogP) is -0.650. The molecule has 6 nitrogen and oxygen atoms in total. The summed E-state index contributed by atoms with van der Waals surface area (Å²) in [5, 5.41) is 9.57. The fourth-order valence-corrected chi connectivity index (χ4v) is 6.85. The molecule has 2 heterocycles. The lowest BCUT2D eigenvalue weighted by Crippen LogP contribution is -2.66. The fraction of sp³-hybridized carbons (Fsp3) is 1.00. The molecular formula is C11H19NO5S2. The van der Waals surface area contributed by atoms with E-state index >= 15 is 0 Å². The number of hydrogen-bond donors (Lipinski definition) is 1. The minimum Gasteiger partial charge on any atom is -0.387 e. The van der Waals surface area contributed by atoms with E-state index in [1.807, 2.05) is 0 Å². The predicted molar refractivity (Wildman–Crippen MR) is 69.8 cm³/mol. The Labute approximate surface area is 113 Å². The van der Waals surface area contributed by atoms with Crippen molar-refractivity contribution in [2.45, 2.75) is 36.5 Å². The maximum atomic E-state index is 12.3. The first-order valence-electron chi connectivity index (χ1n) is 6.65. The molecule has 0 atom stereocenters. The minimum absolute atomic E-state index is 0.0440. The Kier molecular flexibility index (Phi) is 3.02. The number of sulfone groups is 1. The van der Waals surface area contributed by atoms with Gasteiger partial charge in [-0.1, -0.05) is 0 Å². The normalized spacial score (nSPS) is 31.8. The van der Waals surface area contributed by atoms with Crippen molar-refractivity contribution in [3.63, 3.8) is 0 Å². The smallest absolute Gasteiger partial charge is 0.217 e. The van der Waals surface area contributed by atoms with Crippen LogP contribution in [0.1, 0.15) is 25.7 Å². The van der Waals surface area contributed by atoms with Crippen molar-refractivity contribution in [2.24, 2.45) is 5.92 Å². The van der Waals surface area contributed by atoms with Gasteiger partial charge in [0.05, 0.1) is 22.4 Å². The van der Waals surface area contributed by atoms with Crippen LogP contribution < -0.4 is 0 Å². The van der Waals surface area contributed by atoms with E-state index in [-0.39, 0.29) is 43.4 Å². The summed E-state index contributed by atoms with van der Waals surface area (Å²) in [7, 11) is -6.49. The highest BCUT2D eigenvalue weighted by molar-refractivity contribution is 7.92. The lowest BCUT2D eigenvalue weighted by Gasteiger charge is -2.47. The maximum absolute atomic E-state index is 12.3. The largest absolute Gasteiger partial charge is 0.387 e. The van der Waals surface area contributed by atoms with Crippen LogP contribution in [0.2, 0.25) is 0 Å². The van der Waals surface area contributed by atoms with Gasteiger partial charge in [0, 0.05) is 13.1 Å². The van der Waals surface area contributed by atoms with E-state index in [2.05, 4.69) is 0 Å². The van der Waals surface area contributed by atoms with Gasteiger partial charge >= 0.3 is 0 Å². The third-order valence-corrected chi connectivity index (χ3v) is 8.53. The summed E-state index contributed by atoms with van der Waals surface area (Å²) in [6, 6.07) is 0. The highest BCUT2D eigenvalue weighted by Crippen LogP contribution is 2.45. The second kappa shape index (κ2) is 4.16. The Balaban J connectivity index is 1.65.